The first-order valence-electron chi connectivity index (χ1n) is 3.93. The fourth-order valence-electron chi connectivity index (χ4n) is 0.555. The van der Waals surface area contributed by atoms with E-state index in [9.17, 15) is 0 Å². The second kappa shape index (κ2) is 11.9. The van der Waals surface area contributed by atoms with Crippen LogP contribution in [-0.4, -0.2) is 13.6 Å². The summed E-state index contributed by atoms with van der Waals surface area (Å²) in [4.78, 5) is 0. The first-order valence-corrected chi connectivity index (χ1v) is 3.93. The highest BCUT2D eigenvalue weighted by atomic mass is 14.8. The van der Waals surface area contributed by atoms with Crippen molar-refractivity contribution >= 4 is 0 Å². The lowest BCUT2D eigenvalue weighted by Crippen LogP contribution is -2.08. The number of rotatable bonds is 4. The number of hydrogen-bond donors (Lipinski definition) is 1. The third kappa shape index (κ3) is 9.18. The van der Waals surface area contributed by atoms with Crippen LogP contribution in [0.2, 0.25) is 0 Å². The van der Waals surface area contributed by atoms with Gasteiger partial charge in [0.2, 0.25) is 0 Å². The minimum Gasteiger partial charge on any atom is -0.316 e. The number of nitrogens with one attached hydrogen (secondary N) is 1. The summed E-state index contributed by atoms with van der Waals surface area (Å²) in [6.45, 7) is 12.1. The summed E-state index contributed by atoms with van der Waals surface area (Å²) in [7, 11) is 1.90. The van der Waals surface area contributed by atoms with Gasteiger partial charge < -0.3 is 5.32 Å². The van der Waals surface area contributed by atoms with Crippen molar-refractivity contribution in [2.45, 2.75) is 13.8 Å². The van der Waals surface area contributed by atoms with Crippen molar-refractivity contribution in [1.29, 1.82) is 0 Å². The second-order valence-corrected chi connectivity index (χ2v) is 1.71. The van der Waals surface area contributed by atoms with Gasteiger partial charge in [-0.25, -0.2) is 0 Å². The predicted octanol–water partition coefficient (Wildman–Crippen LogP) is 2.53. The standard InChI is InChI=1S/C8H13N.C2H6/c1-4-6-8(5-2)7-9-3;1-2/h4-6,9H,1-2,7H2,3H3;1-2H3/b8-6+;. The molecule has 0 unspecified atom stereocenters. The molecule has 0 radical (unpaired) electrons. The van der Waals surface area contributed by atoms with E-state index in [0.29, 0.717) is 0 Å². The summed E-state index contributed by atoms with van der Waals surface area (Å²) >= 11 is 0. The highest BCUT2D eigenvalue weighted by molar-refractivity contribution is 5.22. The fourth-order valence-corrected chi connectivity index (χ4v) is 0.555. The van der Waals surface area contributed by atoms with Crippen LogP contribution >= 0.6 is 0 Å². The van der Waals surface area contributed by atoms with Gasteiger partial charge in [-0.05, 0) is 12.6 Å². The lowest BCUT2D eigenvalue weighted by Gasteiger charge is -1.96. The highest BCUT2D eigenvalue weighted by Crippen LogP contribution is 1.91. The Kier molecular flexibility index (Phi) is 13.9. The summed E-state index contributed by atoms with van der Waals surface area (Å²) in [6.07, 6.45) is 5.51. The molecular formula is C10H19N. The number of hydrogen-bond acceptors (Lipinski definition) is 1. The van der Waals surface area contributed by atoms with Gasteiger partial charge in [0.15, 0.2) is 0 Å². The van der Waals surface area contributed by atoms with E-state index in [2.05, 4.69) is 18.5 Å². The Morgan fingerprint density at radius 3 is 2.18 bits per heavy atom. The highest BCUT2D eigenvalue weighted by Gasteiger charge is 1.83. The molecule has 64 valence electrons. The average molecular weight is 153 g/mol. The van der Waals surface area contributed by atoms with E-state index < -0.39 is 0 Å². The summed E-state index contributed by atoms with van der Waals surface area (Å²) in [5.74, 6) is 0. The van der Waals surface area contributed by atoms with Crippen LogP contribution in [0.5, 0.6) is 0 Å². The Hall–Kier alpha value is -0.820. The second-order valence-electron chi connectivity index (χ2n) is 1.71. The molecule has 0 bridgehead atoms. The van der Waals surface area contributed by atoms with Crippen molar-refractivity contribution in [1.82, 2.24) is 5.32 Å². The first kappa shape index (κ1) is 12.8. The number of likely N-dealkylation sites (N-methyl/N-ethyl adjacent to an activating group) is 1. The Morgan fingerprint density at radius 1 is 1.36 bits per heavy atom. The smallest absolute Gasteiger partial charge is 0.0202 e. The normalized spacial score (nSPS) is 9.55. The van der Waals surface area contributed by atoms with Crippen LogP contribution in [-0.2, 0) is 0 Å². The molecule has 0 aliphatic rings. The van der Waals surface area contributed by atoms with Crippen LogP contribution in [0.25, 0.3) is 0 Å². The minimum atomic E-state index is 0.857. The van der Waals surface area contributed by atoms with Crippen LogP contribution in [0, 0.1) is 0 Å². The van der Waals surface area contributed by atoms with E-state index in [1.54, 1.807) is 6.08 Å². The lowest BCUT2D eigenvalue weighted by atomic mass is 10.2. The van der Waals surface area contributed by atoms with Crippen LogP contribution < -0.4 is 5.32 Å². The Balaban J connectivity index is 0. The molecule has 0 saturated heterocycles. The molecule has 0 saturated carbocycles. The fraction of sp³-hybridized carbons (Fsp3) is 0.400. The molecule has 0 fully saturated rings. The van der Waals surface area contributed by atoms with Crippen LogP contribution in [0.3, 0.4) is 0 Å². The summed E-state index contributed by atoms with van der Waals surface area (Å²) in [6, 6.07) is 0. The monoisotopic (exact) mass is 153 g/mol. The maximum Gasteiger partial charge on any atom is 0.0202 e. The zero-order valence-corrected chi connectivity index (χ0v) is 7.85. The van der Waals surface area contributed by atoms with E-state index in [-0.39, 0.29) is 0 Å². The van der Waals surface area contributed by atoms with E-state index >= 15 is 0 Å². The maximum absolute atomic E-state index is 3.64. The van der Waals surface area contributed by atoms with Crippen molar-refractivity contribution in [3.63, 3.8) is 0 Å². The van der Waals surface area contributed by atoms with Crippen molar-refractivity contribution < 1.29 is 0 Å². The Bertz CT molecular complexity index is 123. The van der Waals surface area contributed by atoms with E-state index in [0.717, 1.165) is 12.1 Å². The molecule has 11 heavy (non-hydrogen) atoms. The Morgan fingerprint density at radius 2 is 1.91 bits per heavy atom. The van der Waals surface area contributed by atoms with Crippen LogP contribution in [0.15, 0.2) is 37.0 Å². The van der Waals surface area contributed by atoms with Gasteiger partial charge >= 0.3 is 0 Å². The Labute approximate surface area is 70.5 Å². The molecule has 0 atom stereocenters. The molecule has 1 heteroatoms. The van der Waals surface area contributed by atoms with Gasteiger partial charge in [-0.3, -0.25) is 0 Å². The minimum absolute atomic E-state index is 0.857. The largest absolute Gasteiger partial charge is 0.316 e. The van der Waals surface area contributed by atoms with Gasteiger partial charge in [-0.15, -0.1) is 0 Å². The molecule has 1 nitrogen and oxygen atoms in total. The molecule has 0 spiro atoms. The summed E-state index contributed by atoms with van der Waals surface area (Å²) < 4.78 is 0. The maximum atomic E-state index is 3.64. The molecule has 0 amide bonds. The quantitative estimate of drug-likeness (QED) is 0.612. The van der Waals surface area contributed by atoms with Crippen LogP contribution in [0.1, 0.15) is 13.8 Å². The van der Waals surface area contributed by atoms with Crippen molar-refractivity contribution in [3.8, 4) is 0 Å². The molecule has 0 aromatic rings. The molecule has 0 aromatic heterocycles. The predicted molar refractivity (Wildman–Crippen MR) is 53.8 cm³/mol. The van der Waals surface area contributed by atoms with Crippen molar-refractivity contribution in [2.24, 2.45) is 0 Å². The zero-order chi connectivity index (χ0) is 9.11. The van der Waals surface area contributed by atoms with Gasteiger partial charge in [-0.2, -0.15) is 0 Å². The van der Waals surface area contributed by atoms with Gasteiger partial charge in [0.1, 0.15) is 0 Å². The van der Waals surface area contributed by atoms with Crippen LogP contribution in [0.4, 0.5) is 0 Å². The van der Waals surface area contributed by atoms with Crippen molar-refractivity contribution in [2.75, 3.05) is 13.6 Å². The molecule has 0 aliphatic heterocycles. The molecule has 0 rings (SSSR count). The van der Waals surface area contributed by atoms with Gasteiger partial charge in [0.25, 0.3) is 0 Å². The van der Waals surface area contributed by atoms with E-state index in [4.69, 9.17) is 0 Å². The average Bonchev–Trinajstić information content (AvgIpc) is 2.08. The lowest BCUT2D eigenvalue weighted by molar-refractivity contribution is 0.896. The van der Waals surface area contributed by atoms with Crippen molar-refractivity contribution in [3.05, 3.63) is 37.0 Å². The molecular weight excluding hydrogens is 134 g/mol. The molecule has 1 N–H and O–H groups in total. The molecule has 0 aliphatic carbocycles. The van der Waals surface area contributed by atoms with E-state index in [1.165, 1.54) is 0 Å². The van der Waals surface area contributed by atoms with Gasteiger partial charge in [0, 0.05) is 6.54 Å². The molecule has 0 aromatic carbocycles. The number of allylic oxidation sites excluding steroid dienone is 2. The summed E-state index contributed by atoms with van der Waals surface area (Å²) in [5, 5.41) is 3.02. The summed E-state index contributed by atoms with van der Waals surface area (Å²) in [5.41, 5.74) is 1.16. The SMILES string of the molecule is C=C/C=C(\C=C)CNC.CC. The van der Waals surface area contributed by atoms with Gasteiger partial charge in [0.05, 0.1) is 0 Å². The molecule has 0 heterocycles. The zero-order valence-electron chi connectivity index (χ0n) is 7.85. The van der Waals surface area contributed by atoms with Gasteiger partial charge in [-0.1, -0.05) is 45.2 Å². The first-order chi connectivity index (χ1) is 5.35. The third-order valence-corrected chi connectivity index (χ3v) is 0.975. The van der Waals surface area contributed by atoms with E-state index in [1.807, 2.05) is 33.0 Å². The third-order valence-electron chi connectivity index (χ3n) is 0.975. The topological polar surface area (TPSA) is 12.0 Å².